The van der Waals surface area contributed by atoms with Crippen LogP contribution in [-0.4, -0.2) is 18.2 Å². The van der Waals surface area contributed by atoms with Crippen LogP contribution in [-0.2, 0) is 11.2 Å². The van der Waals surface area contributed by atoms with Crippen molar-refractivity contribution in [1.82, 2.24) is 10.5 Å². The van der Waals surface area contributed by atoms with E-state index in [4.69, 9.17) is 9.26 Å². The van der Waals surface area contributed by atoms with Gasteiger partial charge in [-0.2, -0.15) is 0 Å². The van der Waals surface area contributed by atoms with Gasteiger partial charge in [0.1, 0.15) is 11.5 Å². The Bertz CT molecular complexity index is 627. The normalized spacial score (nSPS) is 12.0. The Morgan fingerprint density at radius 2 is 2.00 bits per heavy atom. The average Bonchev–Trinajstić information content (AvgIpc) is 2.89. The molecule has 0 aliphatic heterocycles. The lowest BCUT2D eigenvalue weighted by atomic mass is 10.0. The SMILES string of the molecule is CC[C@H](NC(=O)CCc1c(C)noc1C)c1ccc(OC)cc1. The van der Waals surface area contributed by atoms with Crippen molar-refractivity contribution < 1.29 is 14.1 Å². The Morgan fingerprint density at radius 1 is 1.30 bits per heavy atom. The number of carbonyl (C=O) groups excluding carboxylic acids is 1. The van der Waals surface area contributed by atoms with Gasteiger partial charge in [-0.3, -0.25) is 4.79 Å². The Balaban J connectivity index is 1.94. The maximum atomic E-state index is 12.2. The molecule has 1 N–H and O–H groups in total. The zero-order chi connectivity index (χ0) is 16.8. The van der Waals surface area contributed by atoms with Crippen LogP contribution < -0.4 is 10.1 Å². The third-order valence-corrected chi connectivity index (χ3v) is 4.04. The molecule has 0 saturated carbocycles. The molecule has 0 unspecified atom stereocenters. The first kappa shape index (κ1) is 17.1. The first-order chi connectivity index (χ1) is 11.0. The largest absolute Gasteiger partial charge is 0.497 e. The van der Waals surface area contributed by atoms with Gasteiger partial charge in [0.2, 0.25) is 5.91 Å². The fourth-order valence-corrected chi connectivity index (χ4v) is 2.62. The Kier molecular flexibility index (Phi) is 5.79. The topological polar surface area (TPSA) is 64.4 Å². The fraction of sp³-hybridized carbons (Fsp3) is 0.444. The second kappa shape index (κ2) is 7.81. The first-order valence-electron chi connectivity index (χ1n) is 7.90. The van der Waals surface area contributed by atoms with Crippen molar-refractivity contribution in [2.24, 2.45) is 0 Å². The molecule has 1 amide bonds. The van der Waals surface area contributed by atoms with Crippen LogP contribution in [0.2, 0.25) is 0 Å². The molecule has 2 rings (SSSR count). The predicted octanol–water partition coefficient (Wildman–Crippen LogP) is 3.50. The molecule has 1 aromatic heterocycles. The van der Waals surface area contributed by atoms with Crippen molar-refractivity contribution in [1.29, 1.82) is 0 Å². The molecule has 124 valence electrons. The average molecular weight is 316 g/mol. The predicted molar refractivity (Wildman–Crippen MR) is 88.5 cm³/mol. The van der Waals surface area contributed by atoms with Crippen LogP contribution in [0.5, 0.6) is 5.75 Å². The van der Waals surface area contributed by atoms with Gasteiger partial charge in [-0.05, 0) is 44.4 Å². The Morgan fingerprint density at radius 3 is 2.52 bits per heavy atom. The number of benzene rings is 1. The third-order valence-electron chi connectivity index (χ3n) is 4.04. The minimum atomic E-state index is 0.0121. The molecular weight excluding hydrogens is 292 g/mol. The summed E-state index contributed by atoms with van der Waals surface area (Å²) in [5.41, 5.74) is 2.97. The van der Waals surface area contributed by atoms with Crippen LogP contribution in [0.15, 0.2) is 28.8 Å². The molecule has 0 spiro atoms. The molecule has 0 bridgehead atoms. The molecule has 2 aromatic rings. The standard InChI is InChI=1S/C18H24N2O3/c1-5-17(14-6-8-15(22-4)9-7-14)19-18(21)11-10-16-12(2)20-23-13(16)3/h6-9,17H,5,10-11H2,1-4H3,(H,19,21)/t17-/m0/s1. The van der Waals surface area contributed by atoms with Crippen molar-refractivity contribution in [3.8, 4) is 5.75 Å². The molecular formula is C18H24N2O3. The van der Waals surface area contributed by atoms with E-state index in [9.17, 15) is 4.79 Å². The van der Waals surface area contributed by atoms with E-state index in [-0.39, 0.29) is 11.9 Å². The van der Waals surface area contributed by atoms with Crippen molar-refractivity contribution in [3.63, 3.8) is 0 Å². The monoisotopic (exact) mass is 316 g/mol. The van der Waals surface area contributed by atoms with Crippen LogP contribution in [0.4, 0.5) is 0 Å². The number of hydrogen-bond acceptors (Lipinski definition) is 4. The maximum absolute atomic E-state index is 12.2. The third kappa shape index (κ3) is 4.34. The summed E-state index contributed by atoms with van der Waals surface area (Å²) in [5.74, 6) is 1.64. The lowest BCUT2D eigenvalue weighted by molar-refractivity contribution is -0.121. The van der Waals surface area contributed by atoms with Crippen LogP contribution in [0.1, 0.15) is 48.4 Å². The zero-order valence-corrected chi connectivity index (χ0v) is 14.2. The van der Waals surface area contributed by atoms with E-state index in [1.54, 1.807) is 7.11 Å². The lowest BCUT2D eigenvalue weighted by Crippen LogP contribution is -2.28. The summed E-state index contributed by atoms with van der Waals surface area (Å²) in [4.78, 5) is 12.2. The van der Waals surface area contributed by atoms with Gasteiger partial charge in [-0.25, -0.2) is 0 Å². The van der Waals surface area contributed by atoms with Gasteiger partial charge < -0.3 is 14.6 Å². The summed E-state index contributed by atoms with van der Waals surface area (Å²) >= 11 is 0. The molecule has 0 radical (unpaired) electrons. The molecule has 5 nitrogen and oxygen atoms in total. The molecule has 23 heavy (non-hydrogen) atoms. The smallest absolute Gasteiger partial charge is 0.220 e. The van der Waals surface area contributed by atoms with E-state index in [1.807, 2.05) is 38.1 Å². The first-order valence-corrected chi connectivity index (χ1v) is 7.90. The van der Waals surface area contributed by atoms with Gasteiger partial charge in [0.25, 0.3) is 0 Å². The second-order valence-corrected chi connectivity index (χ2v) is 5.60. The summed E-state index contributed by atoms with van der Waals surface area (Å²) in [6.07, 6.45) is 1.91. The van der Waals surface area contributed by atoms with Gasteiger partial charge in [0.15, 0.2) is 0 Å². The minimum Gasteiger partial charge on any atom is -0.497 e. The molecule has 1 heterocycles. The van der Waals surface area contributed by atoms with E-state index in [2.05, 4.69) is 17.4 Å². The molecule has 0 aliphatic rings. The van der Waals surface area contributed by atoms with Crippen molar-refractivity contribution in [2.45, 2.75) is 46.1 Å². The summed E-state index contributed by atoms with van der Waals surface area (Å²) in [6.45, 7) is 5.83. The van der Waals surface area contributed by atoms with E-state index in [0.717, 1.165) is 34.8 Å². The Labute approximate surface area is 137 Å². The highest BCUT2D eigenvalue weighted by atomic mass is 16.5. The van der Waals surface area contributed by atoms with Crippen molar-refractivity contribution in [2.75, 3.05) is 7.11 Å². The number of hydrogen-bond donors (Lipinski definition) is 1. The highest BCUT2D eigenvalue weighted by Crippen LogP contribution is 2.20. The summed E-state index contributed by atoms with van der Waals surface area (Å²) in [5, 5.41) is 7.01. The van der Waals surface area contributed by atoms with E-state index in [0.29, 0.717) is 12.8 Å². The number of ether oxygens (including phenoxy) is 1. The number of methoxy groups -OCH3 is 1. The number of aryl methyl sites for hydroxylation is 2. The quantitative estimate of drug-likeness (QED) is 0.849. The number of rotatable bonds is 7. The van der Waals surface area contributed by atoms with Gasteiger partial charge in [0.05, 0.1) is 18.8 Å². The summed E-state index contributed by atoms with van der Waals surface area (Å²) < 4.78 is 10.3. The molecule has 1 atom stereocenters. The minimum absolute atomic E-state index is 0.0121. The zero-order valence-electron chi connectivity index (χ0n) is 14.2. The highest BCUT2D eigenvalue weighted by molar-refractivity contribution is 5.76. The highest BCUT2D eigenvalue weighted by Gasteiger charge is 2.15. The molecule has 1 aromatic carbocycles. The van der Waals surface area contributed by atoms with Gasteiger partial charge in [-0.1, -0.05) is 24.2 Å². The number of nitrogens with one attached hydrogen (secondary N) is 1. The molecule has 0 aliphatic carbocycles. The Hall–Kier alpha value is -2.30. The van der Waals surface area contributed by atoms with Crippen molar-refractivity contribution >= 4 is 5.91 Å². The van der Waals surface area contributed by atoms with E-state index >= 15 is 0 Å². The fourth-order valence-electron chi connectivity index (χ4n) is 2.62. The molecule has 0 fully saturated rings. The van der Waals surface area contributed by atoms with Crippen LogP contribution >= 0.6 is 0 Å². The second-order valence-electron chi connectivity index (χ2n) is 5.60. The van der Waals surface area contributed by atoms with Gasteiger partial charge in [0, 0.05) is 12.0 Å². The van der Waals surface area contributed by atoms with E-state index < -0.39 is 0 Å². The van der Waals surface area contributed by atoms with E-state index in [1.165, 1.54) is 0 Å². The van der Waals surface area contributed by atoms with Gasteiger partial charge in [-0.15, -0.1) is 0 Å². The number of carbonyl (C=O) groups is 1. The summed E-state index contributed by atoms with van der Waals surface area (Å²) in [6, 6.07) is 7.81. The van der Waals surface area contributed by atoms with Gasteiger partial charge >= 0.3 is 0 Å². The molecule has 0 saturated heterocycles. The lowest BCUT2D eigenvalue weighted by Gasteiger charge is -2.18. The van der Waals surface area contributed by atoms with Crippen LogP contribution in [0.25, 0.3) is 0 Å². The number of amides is 1. The van der Waals surface area contributed by atoms with Crippen molar-refractivity contribution in [3.05, 3.63) is 46.8 Å². The number of aromatic nitrogens is 1. The number of nitrogens with zero attached hydrogens (tertiary/aromatic N) is 1. The molecule has 5 heteroatoms. The maximum Gasteiger partial charge on any atom is 0.220 e. The summed E-state index contributed by atoms with van der Waals surface area (Å²) in [7, 11) is 1.64. The van der Waals surface area contributed by atoms with Crippen LogP contribution in [0, 0.1) is 13.8 Å². The van der Waals surface area contributed by atoms with Crippen LogP contribution in [0.3, 0.4) is 0 Å².